The number of para-hydroxylation sites is 1. The SMILES string of the molecule is CC[C@H](C)[C@H](NC(=O)[C@H](CO)NC(=O)[C@H](CC(N)=O)NC(=O)[C@H](CC(C)C)NC(=O)[C@H](Cc1ccc(O)cc1)NC(=O)[C@@H](N)CCC(=O)O)C(=O)N[C@@H](CC(C)C)C(=O)N[C@@H](CO)C(=O)N[C@@H](Cc1ccc(O)cc1)C(=O)N[C@@H](CO)C(=O)N1CCC[C@H]1C(=O)N[C@@H](CO)C(=O)N[C@@H](Cc1ccc(O)cc1)C(=O)N[C@@H](Cc1ccc(O)cc1)C(=O)N[C@@H](Cc1c[nH]c2ccccc12)C(N)=O. The van der Waals surface area contributed by atoms with Gasteiger partial charge in [-0.15, -0.1) is 0 Å². The van der Waals surface area contributed by atoms with Gasteiger partial charge in [0.25, 0.3) is 0 Å². The molecule has 29 N–H and O–H groups in total. The summed E-state index contributed by atoms with van der Waals surface area (Å²) in [5.41, 5.74) is 20.1. The van der Waals surface area contributed by atoms with Gasteiger partial charge in [-0.2, -0.15) is 0 Å². The average molecular weight is 1880 g/mol. The van der Waals surface area contributed by atoms with Crippen LogP contribution in [-0.2, 0) is 114 Å². The van der Waals surface area contributed by atoms with Crippen LogP contribution < -0.4 is 86.3 Å². The summed E-state index contributed by atoms with van der Waals surface area (Å²) in [5.74, 6) is -20.7. The molecule has 2 heterocycles. The van der Waals surface area contributed by atoms with Gasteiger partial charge < -0.3 is 142 Å². The first-order chi connectivity index (χ1) is 64.0. The monoisotopic (exact) mass is 1880 g/mol. The molecule has 135 heavy (non-hydrogen) atoms. The Labute approximate surface area is 776 Å². The molecule has 1 saturated heterocycles. The van der Waals surface area contributed by atoms with Gasteiger partial charge in [0.2, 0.25) is 94.5 Å². The predicted octanol–water partition coefficient (Wildman–Crippen LogP) is -4.54. The van der Waals surface area contributed by atoms with Crippen LogP contribution in [0.1, 0.15) is 121 Å². The Kier molecular flexibility index (Phi) is 41.6. The number of nitrogens with zero attached hydrogens (tertiary/aromatic N) is 1. The Hall–Kier alpha value is -14.4. The first-order valence-electron chi connectivity index (χ1n) is 43.9. The number of aliphatic carboxylic acids is 1. The van der Waals surface area contributed by atoms with Crippen molar-refractivity contribution in [1.29, 1.82) is 0 Å². The standard InChI is InChI=1S/C91H122N18O26/c1-7-48(6)76(108-88(132)71(44-112)105-85(129)68(40-74(93)118)102-79(123)62(33-46(2)3)98-82(126)64(35-49-14-22-54(114)23-15-49)97-78(122)59(92)30-31-75(119)120)90(134)103-63(34-47(4)5)80(124)104-69(42-110)86(130)101-67(38-52-20-28-57(117)29-21-52)84(128)107-72(45-113)91(135)109-32-10-13-73(109)89(133)106-70(43-111)87(131)100-66(37-51-18-26-56(116)27-19-51)83(127)99-65(36-50-16-24-55(115)25-17-50)81(125)96-61(77(94)121)39-53-41-95-60-12-9-8-11-58(53)60/h8-9,11-12,14-29,41,46-48,59,61-73,76,95,110-117H,7,10,13,30-40,42-45,92H2,1-6H3,(H2,93,118)(H2,94,121)(H,96,125)(H,97,122)(H,98,126)(H,99,127)(H,100,131)(H,101,130)(H,102,123)(H,103,134)(H,104,124)(H,105,129)(H,106,133)(H,107,128)(H,108,132)(H,119,120)/t48-,59-,61-,62-,63-,64-,65-,66-,67-,68-,69-,70-,71-,72-,73-,76-/m0/s1. The number of likely N-dealkylation sites (tertiary alicyclic amines) is 1. The molecule has 1 aliphatic rings. The number of aliphatic hydroxyl groups is 4. The number of hydrogen-bond donors (Lipinski definition) is 26. The van der Waals surface area contributed by atoms with Crippen LogP contribution in [0.3, 0.4) is 0 Å². The van der Waals surface area contributed by atoms with E-state index in [0.29, 0.717) is 22.3 Å². The number of nitrogens with one attached hydrogen (secondary N) is 14. The Morgan fingerprint density at radius 3 is 1.14 bits per heavy atom. The topological polar surface area (TPSA) is 726 Å². The number of phenols is 4. The molecule has 1 aliphatic heterocycles. The third kappa shape index (κ3) is 33.4. The molecule has 0 unspecified atom stereocenters. The Bertz CT molecular complexity index is 5120. The lowest BCUT2D eigenvalue weighted by atomic mass is 9.96. The maximum Gasteiger partial charge on any atom is 0.303 e. The number of H-pyrrole nitrogens is 1. The highest BCUT2D eigenvalue weighted by molar-refractivity contribution is 6.02. The van der Waals surface area contributed by atoms with Crippen molar-refractivity contribution in [2.24, 2.45) is 35.0 Å². The molecule has 44 heteroatoms. The number of carbonyl (C=O) groups excluding carboxylic acids is 16. The van der Waals surface area contributed by atoms with E-state index in [1.807, 2.05) is 0 Å². The number of primary amides is 2. The Balaban J connectivity index is 1.02. The molecule has 6 aromatic rings. The molecule has 0 radical (unpaired) electrons. The van der Waals surface area contributed by atoms with E-state index >= 15 is 0 Å². The zero-order chi connectivity index (χ0) is 99.6. The number of fused-ring (bicyclic) bond motifs is 1. The smallest absolute Gasteiger partial charge is 0.303 e. The maximum atomic E-state index is 14.7. The molecule has 732 valence electrons. The molecule has 16 amide bonds. The number of phenolic OH excluding ortho intramolecular Hbond substituents is 4. The first kappa shape index (κ1) is 108. The molecule has 5 aromatic carbocycles. The van der Waals surface area contributed by atoms with E-state index in [2.05, 4.69) is 74.1 Å². The number of aromatic hydroxyl groups is 4. The van der Waals surface area contributed by atoms with Crippen LogP contribution in [0, 0.1) is 17.8 Å². The zero-order valence-corrected chi connectivity index (χ0v) is 75.4. The summed E-state index contributed by atoms with van der Waals surface area (Å²) in [6.07, 6.45) is -1.54. The second kappa shape index (κ2) is 52.2. The third-order valence-corrected chi connectivity index (χ3v) is 22.4. The number of aromatic nitrogens is 1. The van der Waals surface area contributed by atoms with Gasteiger partial charge in [-0.05, 0) is 132 Å². The highest BCUT2D eigenvalue weighted by Gasteiger charge is 2.43. The van der Waals surface area contributed by atoms with Gasteiger partial charge in [-0.3, -0.25) is 81.5 Å². The number of amides is 16. The van der Waals surface area contributed by atoms with Gasteiger partial charge in [-0.1, -0.05) is 115 Å². The highest BCUT2D eigenvalue weighted by atomic mass is 16.4. The number of carboxylic acids is 1. The average Bonchev–Trinajstić information content (AvgIpc) is 1.73. The first-order valence-corrected chi connectivity index (χ1v) is 43.9. The van der Waals surface area contributed by atoms with Crippen LogP contribution in [0.25, 0.3) is 10.9 Å². The summed E-state index contributed by atoms with van der Waals surface area (Å²) in [4.78, 5) is 241. The van der Waals surface area contributed by atoms with Gasteiger partial charge in [0.05, 0.1) is 38.9 Å². The molecule has 0 aliphatic carbocycles. The molecule has 0 spiro atoms. The van der Waals surface area contributed by atoms with Crippen molar-refractivity contribution in [3.63, 3.8) is 0 Å². The van der Waals surface area contributed by atoms with Gasteiger partial charge in [0.15, 0.2) is 0 Å². The largest absolute Gasteiger partial charge is 0.508 e. The molecular weight excluding hydrogens is 1760 g/mol. The molecule has 16 atom stereocenters. The van der Waals surface area contributed by atoms with Crippen LogP contribution in [0.15, 0.2) is 128 Å². The fourth-order valence-electron chi connectivity index (χ4n) is 14.8. The number of rotatable bonds is 53. The van der Waals surface area contributed by atoms with Crippen molar-refractivity contribution in [2.45, 2.75) is 216 Å². The lowest BCUT2D eigenvalue weighted by molar-refractivity contribution is -0.143. The second-order valence-corrected chi connectivity index (χ2v) is 33.9. The van der Waals surface area contributed by atoms with E-state index in [9.17, 15) is 127 Å². The fourth-order valence-corrected chi connectivity index (χ4v) is 14.8. The third-order valence-electron chi connectivity index (χ3n) is 22.4. The minimum atomic E-state index is -1.95. The number of aromatic amines is 1. The van der Waals surface area contributed by atoms with Crippen molar-refractivity contribution in [3.8, 4) is 23.0 Å². The van der Waals surface area contributed by atoms with E-state index < -0.39 is 249 Å². The minimum Gasteiger partial charge on any atom is -0.508 e. The van der Waals surface area contributed by atoms with Gasteiger partial charge >= 0.3 is 5.97 Å². The summed E-state index contributed by atoms with van der Waals surface area (Å²) in [7, 11) is 0. The van der Waals surface area contributed by atoms with Gasteiger partial charge in [-0.25, -0.2) is 0 Å². The fraction of sp³-hybridized carbons (Fsp3) is 0.462. The van der Waals surface area contributed by atoms with Crippen molar-refractivity contribution in [3.05, 3.63) is 155 Å². The summed E-state index contributed by atoms with van der Waals surface area (Å²) >= 11 is 0. The van der Waals surface area contributed by atoms with E-state index in [0.717, 1.165) is 15.8 Å². The van der Waals surface area contributed by atoms with Crippen LogP contribution >= 0.6 is 0 Å². The predicted molar refractivity (Wildman–Crippen MR) is 484 cm³/mol. The zero-order valence-electron chi connectivity index (χ0n) is 75.4. The van der Waals surface area contributed by atoms with Crippen LogP contribution in [0.5, 0.6) is 23.0 Å². The molecule has 0 saturated carbocycles. The summed E-state index contributed by atoms with van der Waals surface area (Å²) in [5, 5.41) is 125. The van der Waals surface area contributed by atoms with Crippen LogP contribution in [0.2, 0.25) is 0 Å². The van der Waals surface area contributed by atoms with Crippen molar-refractivity contribution >= 4 is 111 Å². The van der Waals surface area contributed by atoms with Gasteiger partial charge in [0.1, 0.15) is 108 Å². The molecule has 1 aromatic heterocycles. The molecule has 7 rings (SSSR count). The number of benzene rings is 5. The minimum absolute atomic E-state index is 0.0748. The van der Waals surface area contributed by atoms with E-state index in [-0.39, 0.29) is 105 Å². The second-order valence-electron chi connectivity index (χ2n) is 33.9. The van der Waals surface area contributed by atoms with Crippen LogP contribution in [0.4, 0.5) is 0 Å². The van der Waals surface area contributed by atoms with E-state index in [1.165, 1.54) is 104 Å². The summed E-state index contributed by atoms with van der Waals surface area (Å²) in [6, 6.07) is 4.18. The van der Waals surface area contributed by atoms with Gasteiger partial charge in [0, 0.05) is 62.2 Å². The normalized spacial score (nSPS) is 15.7. The molecule has 0 bridgehead atoms. The number of carbonyl (C=O) groups is 17. The van der Waals surface area contributed by atoms with Crippen molar-refractivity contribution in [2.75, 3.05) is 33.0 Å². The van der Waals surface area contributed by atoms with E-state index in [4.69, 9.17) is 17.2 Å². The number of nitrogens with two attached hydrogens (primary N) is 3. The highest BCUT2D eigenvalue weighted by Crippen LogP contribution is 2.24. The lowest BCUT2D eigenvalue weighted by Gasteiger charge is -2.30. The molecule has 1 fully saturated rings. The number of aliphatic hydroxyl groups excluding tert-OH is 4. The lowest BCUT2D eigenvalue weighted by Crippen LogP contribution is -2.62. The molecular formula is C91H122N18O26. The molecule has 44 nitrogen and oxygen atoms in total. The maximum absolute atomic E-state index is 14.7. The Morgan fingerprint density at radius 2 is 0.748 bits per heavy atom. The summed E-state index contributed by atoms with van der Waals surface area (Å²) < 4.78 is 0. The number of carboxylic acid groups (broad SMARTS) is 1. The Morgan fingerprint density at radius 1 is 0.407 bits per heavy atom. The van der Waals surface area contributed by atoms with Crippen LogP contribution in [-0.4, -0.2) is 280 Å². The quantitative estimate of drug-likeness (QED) is 0.0171. The number of hydrogen-bond acceptors (Lipinski definition) is 26. The van der Waals surface area contributed by atoms with Crippen molar-refractivity contribution in [1.82, 2.24) is 79.0 Å². The van der Waals surface area contributed by atoms with E-state index in [1.54, 1.807) is 65.1 Å². The summed E-state index contributed by atoms with van der Waals surface area (Å²) in [6.45, 7) is 5.02. The van der Waals surface area contributed by atoms with Crippen molar-refractivity contribution < 1.29 is 127 Å².